The maximum absolute atomic E-state index is 13.0. The van der Waals surface area contributed by atoms with Gasteiger partial charge in [0, 0.05) is 18.7 Å². The molecule has 2 heterocycles. The molecule has 0 fully saturated rings. The van der Waals surface area contributed by atoms with E-state index in [1.807, 2.05) is 0 Å². The number of nitrogens with zero attached hydrogens (tertiary/aromatic N) is 3. The zero-order valence-electron chi connectivity index (χ0n) is 12.6. The van der Waals surface area contributed by atoms with Crippen molar-refractivity contribution in [3.8, 4) is 11.5 Å². The van der Waals surface area contributed by atoms with Crippen LogP contribution in [0.2, 0.25) is 0 Å². The van der Waals surface area contributed by atoms with Gasteiger partial charge in [-0.15, -0.1) is 10.2 Å². The summed E-state index contributed by atoms with van der Waals surface area (Å²) in [7, 11) is 0. The van der Waals surface area contributed by atoms with Crippen LogP contribution in [0.4, 0.5) is 4.39 Å². The number of fused-ring (bicyclic) bond motifs is 1. The Bertz CT molecular complexity index is 813. The summed E-state index contributed by atoms with van der Waals surface area (Å²) >= 11 is 0. The number of aromatic nitrogens is 2. The minimum absolute atomic E-state index is 0.277. The molecule has 0 amide bonds. The molecule has 4 rings (SSSR count). The zero-order chi connectivity index (χ0) is 15.6. The maximum Gasteiger partial charge on any atom is 0.247 e. The van der Waals surface area contributed by atoms with Crippen LogP contribution in [0.3, 0.4) is 0 Å². The van der Waals surface area contributed by atoms with Gasteiger partial charge >= 0.3 is 0 Å². The molecule has 0 radical (unpaired) electrons. The predicted octanol–water partition coefficient (Wildman–Crippen LogP) is 3.43. The Morgan fingerprint density at radius 1 is 1.00 bits per heavy atom. The van der Waals surface area contributed by atoms with Crippen LogP contribution < -0.4 is 0 Å². The van der Waals surface area contributed by atoms with Crippen molar-refractivity contribution in [2.75, 3.05) is 6.54 Å². The van der Waals surface area contributed by atoms with Gasteiger partial charge in [-0.3, -0.25) is 4.90 Å². The molecule has 0 spiro atoms. The molecule has 0 saturated carbocycles. The third-order valence-corrected chi connectivity index (χ3v) is 4.13. The van der Waals surface area contributed by atoms with Crippen LogP contribution in [0.25, 0.3) is 11.5 Å². The largest absolute Gasteiger partial charge is 0.419 e. The molecule has 4 nitrogen and oxygen atoms in total. The van der Waals surface area contributed by atoms with E-state index < -0.39 is 0 Å². The van der Waals surface area contributed by atoms with Gasteiger partial charge in [-0.2, -0.15) is 0 Å². The molecule has 0 aliphatic carbocycles. The van der Waals surface area contributed by atoms with Crippen LogP contribution in [-0.2, 0) is 19.5 Å². The van der Waals surface area contributed by atoms with Crippen LogP contribution in [0.5, 0.6) is 0 Å². The Labute approximate surface area is 133 Å². The van der Waals surface area contributed by atoms with Crippen molar-refractivity contribution in [3.63, 3.8) is 0 Å². The first-order valence-electron chi connectivity index (χ1n) is 7.65. The first kappa shape index (κ1) is 14.1. The SMILES string of the molecule is Fc1ccc(-c2nnc(CN3CCc4ccccc4C3)o2)cc1. The molecule has 0 saturated heterocycles. The van der Waals surface area contributed by atoms with Gasteiger partial charge in [0.2, 0.25) is 11.8 Å². The summed E-state index contributed by atoms with van der Waals surface area (Å²) in [6.07, 6.45) is 1.04. The minimum atomic E-state index is -0.277. The molecule has 1 aliphatic heterocycles. The molecular weight excluding hydrogens is 293 g/mol. The maximum atomic E-state index is 13.0. The first-order chi connectivity index (χ1) is 11.3. The van der Waals surface area contributed by atoms with E-state index in [9.17, 15) is 4.39 Å². The van der Waals surface area contributed by atoms with E-state index in [-0.39, 0.29) is 5.82 Å². The van der Waals surface area contributed by atoms with Crippen molar-refractivity contribution >= 4 is 0 Å². The number of hydrogen-bond donors (Lipinski definition) is 0. The summed E-state index contributed by atoms with van der Waals surface area (Å²) in [4.78, 5) is 2.30. The van der Waals surface area contributed by atoms with E-state index in [1.54, 1.807) is 12.1 Å². The van der Waals surface area contributed by atoms with Crippen molar-refractivity contribution in [2.45, 2.75) is 19.5 Å². The Morgan fingerprint density at radius 2 is 1.78 bits per heavy atom. The van der Waals surface area contributed by atoms with Crippen molar-refractivity contribution in [1.29, 1.82) is 0 Å². The topological polar surface area (TPSA) is 42.2 Å². The van der Waals surface area contributed by atoms with Crippen molar-refractivity contribution in [2.24, 2.45) is 0 Å². The second-order valence-electron chi connectivity index (χ2n) is 5.74. The highest BCUT2D eigenvalue weighted by Crippen LogP contribution is 2.22. The highest BCUT2D eigenvalue weighted by Gasteiger charge is 2.18. The van der Waals surface area contributed by atoms with Crippen LogP contribution in [-0.4, -0.2) is 21.6 Å². The Kier molecular flexibility index (Phi) is 3.63. The van der Waals surface area contributed by atoms with Crippen LogP contribution in [0.15, 0.2) is 52.9 Å². The van der Waals surface area contributed by atoms with E-state index >= 15 is 0 Å². The number of halogens is 1. The molecule has 0 atom stereocenters. The van der Waals surface area contributed by atoms with Gasteiger partial charge in [0.05, 0.1) is 6.54 Å². The Balaban J connectivity index is 1.47. The third kappa shape index (κ3) is 3.00. The normalized spacial score (nSPS) is 14.7. The summed E-state index contributed by atoms with van der Waals surface area (Å²) in [5.41, 5.74) is 3.51. The average molecular weight is 309 g/mol. The Morgan fingerprint density at radius 3 is 2.61 bits per heavy atom. The standard InChI is InChI=1S/C18H16FN3O/c19-16-7-5-14(6-8-16)18-21-20-17(23-18)12-22-10-9-13-3-1-2-4-15(13)11-22/h1-8H,9-12H2. The lowest BCUT2D eigenvalue weighted by Gasteiger charge is -2.27. The molecule has 5 heteroatoms. The van der Waals surface area contributed by atoms with E-state index in [1.165, 1.54) is 23.3 Å². The van der Waals surface area contributed by atoms with Gasteiger partial charge in [0.15, 0.2) is 0 Å². The molecule has 2 aromatic carbocycles. The molecule has 116 valence electrons. The molecule has 0 N–H and O–H groups in total. The lowest BCUT2D eigenvalue weighted by molar-refractivity contribution is 0.222. The molecule has 23 heavy (non-hydrogen) atoms. The average Bonchev–Trinajstić information content (AvgIpc) is 3.04. The molecule has 0 bridgehead atoms. The highest BCUT2D eigenvalue weighted by atomic mass is 19.1. The summed E-state index contributed by atoms with van der Waals surface area (Å²) in [6, 6.07) is 14.6. The van der Waals surface area contributed by atoms with Crippen LogP contribution >= 0.6 is 0 Å². The zero-order valence-corrected chi connectivity index (χ0v) is 12.6. The quantitative estimate of drug-likeness (QED) is 0.743. The third-order valence-electron chi connectivity index (χ3n) is 4.13. The van der Waals surface area contributed by atoms with Gasteiger partial charge in [-0.1, -0.05) is 24.3 Å². The Hall–Kier alpha value is -2.53. The second-order valence-corrected chi connectivity index (χ2v) is 5.74. The lowest BCUT2D eigenvalue weighted by atomic mass is 10.00. The van der Waals surface area contributed by atoms with Crippen molar-refractivity contribution in [1.82, 2.24) is 15.1 Å². The minimum Gasteiger partial charge on any atom is -0.419 e. The first-order valence-corrected chi connectivity index (χ1v) is 7.65. The van der Waals surface area contributed by atoms with Gasteiger partial charge in [0.25, 0.3) is 0 Å². The summed E-state index contributed by atoms with van der Waals surface area (Å²) < 4.78 is 18.7. The highest BCUT2D eigenvalue weighted by molar-refractivity contribution is 5.51. The summed E-state index contributed by atoms with van der Waals surface area (Å²) in [5, 5.41) is 8.17. The number of hydrogen-bond acceptors (Lipinski definition) is 4. The van der Waals surface area contributed by atoms with Crippen molar-refractivity contribution < 1.29 is 8.81 Å². The second kappa shape index (κ2) is 5.93. The van der Waals surface area contributed by atoms with Gasteiger partial charge in [0.1, 0.15) is 5.82 Å². The van der Waals surface area contributed by atoms with Gasteiger partial charge in [-0.05, 0) is 41.8 Å². The fourth-order valence-corrected chi connectivity index (χ4v) is 2.91. The summed E-state index contributed by atoms with van der Waals surface area (Å²) in [6.45, 7) is 2.50. The lowest BCUT2D eigenvalue weighted by Crippen LogP contribution is -2.30. The molecule has 1 aliphatic rings. The number of rotatable bonds is 3. The smallest absolute Gasteiger partial charge is 0.247 e. The monoisotopic (exact) mass is 309 g/mol. The fourth-order valence-electron chi connectivity index (χ4n) is 2.91. The molecular formula is C18H16FN3O. The molecule has 0 unspecified atom stereocenters. The molecule has 3 aromatic rings. The van der Waals surface area contributed by atoms with E-state index in [0.29, 0.717) is 18.3 Å². The van der Waals surface area contributed by atoms with Crippen LogP contribution in [0.1, 0.15) is 17.0 Å². The van der Waals surface area contributed by atoms with Crippen molar-refractivity contribution in [3.05, 3.63) is 71.4 Å². The summed E-state index contributed by atoms with van der Waals surface area (Å²) in [5.74, 6) is 0.738. The number of benzene rings is 2. The molecule has 1 aromatic heterocycles. The van der Waals surface area contributed by atoms with Gasteiger partial charge in [-0.25, -0.2) is 4.39 Å². The van der Waals surface area contributed by atoms with E-state index in [0.717, 1.165) is 25.1 Å². The van der Waals surface area contributed by atoms with E-state index in [2.05, 4.69) is 39.4 Å². The fraction of sp³-hybridized carbons (Fsp3) is 0.222. The van der Waals surface area contributed by atoms with Gasteiger partial charge < -0.3 is 4.42 Å². The van der Waals surface area contributed by atoms with Crippen LogP contribution in [0, 0.1) is 5.82 Å². The van der Waals surface area contributed by atoms with E-state index in [4.69, 9.17) is 4.42 Å². The predicted molar refractivity (Wildman–Crippen MR) is 84.0 cm³/mol.